The molecule has 0 unspecified atom stereocenters. The van der Waals surface area contributed by atoms with E-state index in [1.165, 1.54) is 10.6 Å². The highest BCUT2D eigenvalue weighted by atomic mass is 32.2. The van der Waals surface area contributed by atoms with Crippen LogP contribution >= 0.6 is 0 Å². The van der Waals surface area contributed by atoms with Crippen molar-refractivity contribution in [3.63, 3.8) is 0 Å². The fourth-order valence-electron chi connectivity index (χ4n) is 2.84. The third-order valence-corrected chi connectivity index (χ3v) is 6.46. The third-order valence-electron chi connectivity index (χ3n) is 4.67. The van der Waals surface area contributed by atoms with Crippen LogP contribution in [0.3, 0.4) is 0 Å². The Morgan fingerprint density at radius 2 is 2.00 bits per heavy atom. The summed E-state index contributed by atoms with van der Waals surface area (Å²) in [7, 11) is -2.01. The van der Waals surface area contributed by atoms with E-state index in [1.807, 2.05) is 30.9 Å². The van der Waals surface area contributed by atoms with Gasteiger partial charge in [0.1, 0.15) is 12.1 Å². The SMILES string of the molecule is CC(C)n1cnc(S(=O)(=O)N(C)C2CN(c3ccc4nncn4n3)C2)c1. The minimum atomic E-state index is -3.61. The van der Waals surface area contributed by atoms with Crippen molar-refractivity contribution in [3.8, 4) is 0 Å². The molecule has 0 N–H and O–H groups in total. The van der Waals surface area contributed by atoms with Crippen molar-refractivity contribution in [3.05, 3.63) is 31.0 Å². The van der Waals surface area contributed by atoms with Crippen LogP contribution in [0.1, 0.15) is 19.9 Å². The molecule has 0 saturated carbocycles. The number of hydrogen-bond acceptors (Lipinski definition) is 7. The van der Waals surface area contributed by atoms with Gasteiger partial charge in [0.05, 0.1) is 12.4 Å². The molecule has 0 radical (unpaired) electrons. The van der Waals surface area contributed by atoms with Crippen molar-refractivity contribution < 1.29 is 8.42 Å². The van der Waals surface area contributed by atoms with Crippen molar-refractivity contribution in [2.75, 3.05) is 25.0 Å². The minimum absolute atomic E-state index is 0.0798. The summed E-state index contributed by atoms with van der Waals surface area (Å²) in [4.78, 5) is 6.08. The van der Waals surface area contributed by atoms with Crippen LogP contribution < -0.4 is 4.90 Å². The van der Waals surface area contributed by atoms with Gasteiger partial charge in [0.15, 0.2) is 10.7 Å². The van der Waals surface area contributed by atoms with Crippen LogP contribution in [0.25, 0.3) is 5.65 Å². The predicted octanol–water partition coefficient (Wildman–Crippen LogP) is 0.411. The highest BCUT2D eigenvalue weighted by Crippen LogP contribution is 2.25. The second-order valence-electron chi connectivity index (χ2n) is 6.66. The fourth-order valence-corrected chi connectivity index (χ4v) is 4.09. The number of sulfonamides is 1. The molecule has 0 aliphatic carbocycles. The molecule has 26 heavy (non-hydrogen) atoms. The van der Waals surface area contributed by atoms with Gasteiger partial charge in [-0.3, -0.25) is 0 Å². The van der Waals surface area contributed by atoms with E-state index in [2.05, 4.69) is 20.3 Å². The molecule has 4 heterocycles. The van der Waals surface area contributed by atoms with Crippen LogP contribution in [0.2, 0.25) is 0 Å². The molecule has 0 aromatic carbocycles. The molecule has 3 aromatic rings. The Labute approximate surface area is 151 Å². The van der Waals surface area contributed by atoms with Gasteiger partial charge < -0.3 is 9.47 Å². The summed E-state index contributed by atoms with van der Waals surface area (Å²) in [6.07, 6.45) is 4.67. The number of likely N-dealkylation sites (N-methyl/N-ethyl adjacent to an activating group) is 1. The molecule has 10 nitrogen and oxygen atoms in total. The number of aromatic nitrogens is 6. The molecule has 1 fully saturated rings. The molecule has 0 amide bonds. The third kappa shape index (κ3) is 2.72. The Hall–Kier alpha value is -2.53. The number of imidazole rings is 1. The molecule has 0 spiro atoms. The van der Waals surface area contributed by atoms with Gasteiger partial charge in [-0.25, -0.2) is 13.4 Å². The van der Waals surface area contributed by atoms with Crippen LogP contribution in [0.5, 0.6) is 0 Å². The summed E-state index contributed by atoms with van der Waals surface area (Å²) < 4.78 is 30.3. The molecular formula is C15H20N8O2S. The zero-order valence-electron chi connectivity index (χ0n) is 14.8. The van der Waals surface area contributed by atoms with Crippen molar-refractivity contribution in [1.82, 2.24) is 33.7 Å². The second-order valence-corrected chi connectivity index (χ2v) is 8.60. The van der Waals surface area contributed by atoms with E-state index >= 15 is 0 Å². The molecular weight excluding hydrogens is 356 g/mol. The molecule has 4 rings (SSSR count). The summed E-state index contributed by atoms with van der Waals surface area (Å²) in [5.41, 5.74) is 0.672. The largest absolute Gasteiger partial charge is 0.352 e. The maximum absolute atomic E-state index is 12.8. The second kappa shape index (κ2) is 6.02. The van der Waals surface area contributed by atoms with Crippen molar-refractivity contribution >= 4 is 21.5 Å². The molecule has 138 valence electrons. The van der Waals surface area contributed by atoms with E-state index < -0.39 is 10.0 Å². The quantitative estimate of drug-likeness (QED) is 0.635. The summed E-state index contributed by atoms with van der Waals surface area (Å²) in [6.45, 7) is 5.10. The Morgan fingerprint density at radius 1 is 1.23 bits per heavy atom. The van der Waals surface area contributed by atoms with Crippen LogP contribution in [0.4, 0.5) is 5.82 Å². The summed E-state index contributed by atoms with van der Waals surface area (Å²) in [5, 5.41) is 12.2. The normalized spacial score (nSPS) is 16.0. The molecule has 1 aliphatic heterocycles. The van der Waals surface area contributed by atoms with Gasteiger partial charge in [-0.15, -0.1) is 15.3 Å². The van der Waals surface area contributed by atoms with Crippen LogP contribution in [-0.4, -0.2) is 68.3 Å². The lowest BCUT2D eigenvalue weighted by Crippen LogP contribution is -2.60. The monoisotopic (exact) mass is 376 g/mol. The van der Waals surface area contributed by atoms with Gasteiger partial charge in [0, 0.05) is 32.4 Å². The number of rotatable bonds is 5. The number of hydrogen-bond donors (Lipinski definition) is 0. The lowest BCUT2D eigenvalue weighted by molar-refractivity contribution is 0.308. The first-order valence-corrected chi connectivity index (χ1v) is 9.74. The van der Waals surface area contributed by atoms with Crippen LogP contribution in [0.15, 0.2) is 36.0 Å². The highest BCUT2D eigenvalue weighted by Gasteiger charge is 2.38. The van der Waals surface area contributed by atoms with Crippen LogP contribution in [0, 0.1) is 0 Å². The predicted molar refractivity (Wildman–Crippen MR) is 94.3 cm³/mol. The smallest absolute Gasteiger partial charge is 0.262 e. The van der Waals surface area contributed by atoms with Crippen molar-refractivity contribution in [1.29, 1.82) is 0 Å². The van der Waals surface area contributed by atoms with E-state index in [4.69, 9.17) is 0 Å². The standard InChI is InChI=1S/C15H20N8O2S/c1-11(2)22-8-15(16-9-22)26(24,25)20(3)12-6-21(7-12)14-5-4-13-18-17-10-23(13)19-14/h4-5,8-12H,6-7H2,1-3H3. The van der Waals surface area contributed by atoms with E-state index in [-0.39, 0.29) is 17.1 Å². The number of fused-ring (bicyclic) bond motifs is 1. The lowest BCUT2D eigenvalue weighted by Gasteiger charge is -2.43. The maximum Gasteiger partial charge on any atom is 0.262 e. The number of nitrogens with zero attached hydrogens (tertiary/aromatic N) is 8. The summed E-state index contributed by atoms with van der Waals surface area (Å²) >= 11 is 0. The first kappa shape index (κ1) is 16.9. The Kier molecular flexibility index (Phi) is 3.92. The van der Waals surface area contributed by atoms with Gasteiger partial charge in [-0.05, 0) is 26.0 Å². The van der Waals surface area contributed by atoms with Gasteiger partial charge >= 0.3 is 0 Å². The molecule has 1 aliphatic rings. The van der Waals surface area contributed by atoms with E-state index in [1.54, 1.807) is 28.7 Å². The van der Waals surface area contributed by atoms with Gasteiger partial charge in [0.25, 0.3) is 10.0 Å². The molecule has 0 atom stereocenters. The average molecular weight is 376 g/mol. The van der Waals surface area contributed by atoms with Gasteiger partial charge in [-0.1, -0.05) is 0 Å². The maximum atomic E-state index is 12.8. The highest BCUT2D eigenvalue weighted by molar-refractivity contribution is 7.89. The fraction of sp³-hybridized carbons (Fsp3) is 0.467. The van der Waals surface area contributed by atoms with E-state index in [0.29, 0.717) is 18.7 Å². The molecule has 0 bridgehead atoms. The Morgan fingerprint density at radius 3 is 2.69 bits per heavy atom. The van der Waals surface area contributed by atoms with E-state index in [9.17, 15) is 8.42 Å². The number of anilines is 1. The van der Waals surface area contributed by atoms with Gasteiger partial charge in [-0.2, -0.15) is 8.82 Å². The van der Waals surface area contributed by atoms with E-state index in [0.717, 1.165) is 5.82 Å². The van der Waals surface area contributed by atoms with Crippen molar-refractivity contribution in [2.45, 2.75) is 31.0 Å². The van der Waals surface area contributed by atoms with Gasteiger partial charge in [0.2, 0.25) is 0 Å². The molecule has 1 saturated heterocycles. The summed E-state index contributed by atoms with van der Waals surface area (Å²) in [6, 6.07) is 3.73. The Balaban J connectivity index is 1.47. The molecule has 11 heteroatoms. The minimum Gasteiger partial charge on any atom is -0.352 e. The topological polar surface area (TPSA) is 102 Å². The first-order chi connectivity index (χ1) is 12.4. The zero-order chi connectivity index (χ0) is 18.5. The summed E-state index contributed by atoms with van der Waals surface area (Å²) in [5.74, 6) is 0.767. The Bertz CT molecular complexity index is 1030. The van der Waals surface area contributed by atoms with Crippen molar-refractivity contribution in [2.24, 2.45) is 0 Å². The molecule has 3 aromatic heterocycles. The zero-order valence-corrected chi connectivity index (χ0v) is 15.6. The lowest BCUT2D eigenvalue weighted by atomic mass is 10.1. The first-order valence-electron chi connectivity index (χ1n) is 8.30. The average Bonchev–Trinajstić information content (AvgIpc) is 3.22. The van der Waals surface area contributed by atoms with Crippen LogP contribution in [-0.2, 0) is 10.0 Å².